The van der Waals surface area contributed by atoms with Gasteiger partial charge in [0.1, 0.15) is 0 Å². The molecule has 7 heteroatoms. The van der Waals surface area contributed by atoms with Crippen LogP contribution in [0, 0.1) is 0 Å². The average Bonchev–Trinajstić information content (AvgIpc) is 3.55. The van der Waals surface area contributed by atoms with E-state index in [4.69, 9.17) is 29.0 Å². The normalized spacial score (nSPS) is 13.7. The summed E-state index contributed by atoms with van der Waals surface area (Å²) in [5, 5.41) is 10.5. The minimum Gasteiger partial charge on any atom is -0.285 e. The highest BCUT2D eigenvalue weighted by molar-refractivity contribution is 9.10. The summed E-state index contributed by atoms with van der Waals surface area (Å²) < 4.78 is 1.07. The first-order valence-corrected chi connectivity index (χ1v) is 15.8. The number of hydrogen-bond acceptors (Lipinski definition) is 3. The van der Waals surface area contributed by atoms with Crippen LogP contribution in [0.5, 0.6) is 0 Å². The van der Waals surface area contributed by atoms with Gasteiger partial charge in [0, 0.05) is 50.7 Å². The van der Waals surface area contributed by atoms with Crippen LogP contribution in [0.4, 0.5) is 0 Å². The number of nitrogens with two attached hydrogens (primary N) is 1. The lowest BCUT2D eigenvalue weighted by Crippen LogP contribution is -2.40. The number of nitrogens with zero attached hydrogens (tertiary/aromatic N) is 2. The summed E-state index contributed by atoms with van der Waals surface area (Å²) in [5.74, 6) is 7.17. The van der Waals surface area contributed by atoms with E-state index in [2.05, 4.69) is 106 Å². The molecular formula is C35H35BrCl2N4. The highest BCUT2D eigenvalue weighted by Crippen LogP contribution is 2.34. The Balaban J connectivity index is 1.27. The SMILES string of the molecule is CC(CCC(c1ccc(Cl)cc1)c1ccc(-c2cn[nH]c2)cc1)N(N)CCC(c1ccc(Cl)cc1)c1ccc(Br)cc1. The second-order valence-electron chi connectivity index (χ2n) is 10.8. The standard InChI is InChI=1S/C35H35BrCl2N4/c1-24(42(39)21-20-35(27-7-13-31(36)14-8-27)29-11-17-33(38)18-12-29)2-19-34(28-9-15-32(37)16-10-28)26-5-3-25(4-6-26)30-22-40-41-23-30/h3-18,22-24,34-35H,2,19-21,39H2,1H3,(H,40,41). The third-order valence-corrected chi connectivity index (χ3v) is 9.11. The molecule has 0 aliphatic rings. The number of halogens is 3. The summed E-state index contributed by atoms with van der Waals surface area (Å²) in [6, 6.07) is 33.9. The summed E-state index contributed by atoms with van der Waals surface area (Å²) in [5.41, 5.74) is 7.26. The van der Waals surface area contributed by atoms with Crippen LogP contribution in [0.25, 0.3) is 11.1 Å². The van der Waals surface area contributed by atoms with Crippen molar-refractivity contribution in [2.75, 3.05) is 6.54 Å². The van der Waals surface area contributed by atoms with Crippen LogP contribution in [-0.4, -0.2) is 27.8 Å². The molecule has 42 heavy (non-hydrogen) atoms. The molecule has 4 nitrogen and oxygen atoms in total. The van der Waals surface area contributed by atoms with Crippen molar-refractivity contribution in [3.05, 3.63) is 146 Å². The summed E-state index contributed by atoms with van der Waals surface area (Å²) in [6.07, 6.45) is 6.58. The van der Waals surface area contributed by atoms with Crippen LogP contribution in [0.2, 0.25) is 10.0 Å². The lowest BCUT2D eigenvalue weighted by Gasteiger charge is -2.28. The van der Waals surface area contributed by atoms with Gasteiger partial charge in [0.15, 0.2) is 0 Å². The summed E-state index contributed by atoms with van der Waals surface area (Å²) >= 11 is 16.0. The van der Waals surface area contributed by atoms with Crippen molar-refractivity contribution in [3.8, 4) is 11.1 Å². The molecule has 0 aliphatic heterocycles. The van der Waals surface area contributed by atoms with Gasteiger partial charge >= 0.3 is 0 Å². The van der Waals surface area contributed by atoms with Crippen LogP contribution in [0.15, 0.2) is 114 Å². The number of H-pyrrole nitrogens is 1. The van der Waals surface area contributed by atoms with Gasteiger partial charge in [-0.2, -0.15) is 5.10 Å². The molecule has 216 valence electrons. The van der Waals surface area contributed by atoms with Gasteiger partial charge < -0.3 is 0 Å². The van der Waals surface area contributed by atoms with Crippen LogP contribution in [-0.2, 0) is 0 Å². The van der Waals surface area contributed by atoms with Crippen molar-refractivity contribution in [3.63, 3.8) is 0 Å². The second-order valence-corrected chi connectivity index (χ2v) is 12.6. The summed E-state index contributed by atoms with van der Waals surface area (Å²) in [4.78, 5) is 0. The van der Waals surface area contributed by atoms with Crippen molar-refractivity contribution in [1.82, 2.24) is 15.2 Å². The van der Waals surface area contributed by atoms with Crippen LogP contribution >= 0.6 is 39.1 Å². The van der Waals surface area contributed by atoms with E-state index in [1.165, 1.54) is 22.3 Å². The fourth-order valence-corrected chi connectivity index (χ4v) is 6.04. The number of aromatic amines is 1. The van der Waals surface area contributed by atoms with E-state index in [1.54, 1.807) is 0 Å². The summed E-state index contributed by atoms with van der Waals surface area (Å²) in [7, 11) is 0. The summed E-state index contributed by atoms with van der Waals surface area (Å²) in [6.45, 7) is 2.99. The Labute approximate surface area is 267 Å². The Hall–Kier alpha value is -2.93. The van der Waals surface area contributed by atoms with Crippen LogP contribution < -0.4 is 5.84 Å². The van der Waals surface area contributed by atoms with E-state index < -0.39 is 0 Å². The molecule has 0 saturated heterocycles. The molecule has 3 N–H and O–H groups in total. The average molecular weight is 663 g/mol. The van der Waals surface area contributed by atoms with Gasteiger partial charge in [-0.1, -0.05) is 99.8 Å². The number of nitrogens with one attached hydrogen (secondary N) is 1. The van der Waals surface area contributed by atoms with E-state index in [0.717, 1.165) is 51.5 Å². The molecule has 0 aliphatic carbocycles. The predicted octanol–water partition coefficient (Wildman–Crippen LogP) is 9.84. The fraction of sp³-hybridized carbons (Fsp3) is 0.229. The monoisotopic (exact) mass is 660 g/mol. The quantitative estimate of drug-likeness (QED) is 0.103. The van der Waals surface area contributed by atoms with E-state index in [1.807, 2.05) is 41.7 Å². The third-order valence-electron chi connectivity index (χ3n) is 8.08. The van der Waals surface area contributed by atoms with Crippen molar-refractivity contribution in [2.24, 2.45) is 5.84 Å². The van der Waals surface area contributed by atoms with Gasteiger partial charge in [-0.25, -0.2) is 5.01 Å². The lowest BCUT2D eigenvalue weighted by molar-refractivity contribution is 0.195. The van der Waals surface area contributed by atoms with Crippen LogP contribution in [0.3, 0.4) is 0 Å². The van der Waals surface area contributed by atoms with Gasteiger partial charge in [-0.3, -0.25) is 10.9 Å². The van der Waals surface area contributed by atoms with Crippen molar-refractivity contribution in [1.29, 1.82) is 0 Å². The van der Waals surface area contributed by atoms with E-state index >= 15 is 0 Å². The zero-order valence-electron chi connectivity index (χ0n) is 23.6. The zero-order valence-corrected chi connectivity index (χ0v) is 26.7. The molecule has 0 spiro atoms. The van der Waals surface area contributed by atoms with Gasteiger partial charge in [-0.15, -0.1) is 0 Å². The number of rotatable bonds is 12. The van der Waals surface area contributed by atoms with Gasteiger partial charge in [0.2, 0.25) is 0 Å². The third kappa shape index (κ3) is 7.91. The minimum absolute atomic E-state index is 0.209. The Morgan fingerprint density at radius 3 is 1.67 bits per heavy atom. The highest BCUT2D eigenvalue weighted by atomic mass is 79.9. The molecule has 0 amide bonds. The maximum absolute atomic E-state index is 6.71. The van der Waals surface area contributed by atoms with E-state index in [0.29, 0.717) is 0 Å². The molecule has 3 unspecified atom stereocenters. The second kappa shape index (κ2) is 14.5. The first-order valence-electron chi connectivity index (χ1n) is 14.2. The smallest absolute Gasteiger partial charge is 0.0565 e. The Morgan fingerprint density at radius 2 is 1.17 bits per heavy atom. The maximum atomic E-state index is 6.71. The fourth-order valence-electron chi connectivity index (χ4n) is 5.53. The predicted molar refractivity (Wildman–Crippen MR) is 179 cm³/mol. The molecule has 5 rings (SSSR count). The van der Waals surface area contributed by atoms with E-state index in [9.17, 15) is 0 Å². The van der Waals surface area contributed by atoms with E-state index in [-0.39, 0.29) is 17.9 Å². The topological polar surface area (TPSA) is 57.9 Å². The molecule has 0 saturated carbocycles. The zero-order chi connectivity index (χ0) is 29.5. The number of hydrazine groups is 1. The molecule has 1 heterocycles. The number of aromatic nitrogens is 2. The molecule has 1 aromatic heterocycles. The molecule has 0 bridgehead atoms. The molecule has 3 atom stereocenters. The largest absolute Gasteiger partial charge is 0.285 e. The highest BCUT2D eigenvalue weighted by Gasteiger charge is 2.20. The molecule has 5 aromatic rings. The minimum atomic E-state index is 0.209. The Morgan fingerprint density at radius 1 is 0.690 bits per heavy atom. The lowest BCUT2D eigenvalue weighted by atomic mass is 9.85. The molecule has 4 aromatic carbocycles. The number of hydrogen-bond donors (Lipinski definition) is 2. The van der Waals surface area contributed by atoms with Crippen molar-refractivity contribution >= 4 is 39.1 Å². The van der Waals surface area contributed by atoms with Gasteiger partial charge in [0.05, 0.1) is 6.20 Å². The Kier molecular flexibility index (Phi) is 10.5. The van der Waals surface area contributed by atoms with Crippen molar-refractivity contribution < 1.29 is 0 Å². The first kappa shape index (κ1) is 30.5. The maximum Gasteiger partial charge on any atom is 0.0565 e. The number of benzene rings is 4. The first-order chi connectivity index (χ1) is 20.4. The molecular weight excluding hydrogens is 627 g/mol. The molecule has 0 fully saturated rings. The van der Waals surface area contributed by atoms with Crippen molar-refractivity contribution in [2.45, 2.75) is 44.1 Å². The Bertz CT molecular complexity index is 1480. The molecule has 0 radical (unpaired) electrons. The van der Waals surface area contributed by atoms with Crippen LogP contribution in [0.1, 0.15) is 60.3 Å². The van der Waals surface area contributed by atoms with Gasteiger partial charge in [-0.05, 0) is 90.4 Å². The van der Waals surface area contributed by atoms with Gasteiger partial charge in [0.25, 0.3) is 0 Å².